The van der Waals surface area contributed by atoms with Crippen LogP contribution in [-0.4, -0.2) is 13.1 Å². The lowest BCUT2D eigenvalue weighted by atomic mass is 9.81. The Balaban J connectivity index is 2.30. The molecule has 2 rings (SSSR count). The van der Waals surface area contributed by atoms with Crippen LogP contribution in [0.15, 0.2) is 10.5 Å². The minimum atomic E-state index is -0.407. The van der Waals surface area contributed by atoms with Gasteiger partial charge in [-0.1, -0.05) is 19.3 Å². The third-order valence-electron chi connectivity index (χ3n) is 3.56. The summed E-state index contributed by atoms with van der Waals surface area (Å²) in [5.41, 5.74) is 6.44. The van der Waals surface area contributed by atoms with Crippen LogP contribution < -0.4 is 5.73 Å². The molecule has 1 aliphatic carbocycles. The molecule has 4 heteroatoms. The average Bonchev–Trinajstić information content (AvgIpc) is 2.72. The van der Waals surface area contributed by atoms with Gasteiger partial charge < -0.3 is 14.9 Å². The second kappa shape index (κ2) is 4.53. The van der Waals surface area contributed by atoms with Gasteiger partial charge in [-0.15, -0.1) is 0 Å². The van der Waals surface area contributed by atoms with Crippen molar-refractivity contribution in [3.05, 3.63) is 23.2 Å². The van der Waals surface area contributed by atoms with Crippen molar-refractivity contribution < 1.29 is 13.9 Å². The van der Waals surface area contributed by atoms with Crippen molar-refractivity contribution >= 4 is 5.97 Å². The maximum absolute atomic E-state index is 11.5. The molecule has 0 unspecified atom stereocenters. The van der Waals surface area contributed by atoms with E-state index in [9.17, 15) is 4.79 Å². The zero-order valence-corrected chi connectivity index (χ0v) is 10.4. The highest BCUT2D eigenvalue weighted by atomic mass is 16.5. The molecule has 0 atom stereocenters. The molecule has 0 saturated heterocycles. The van der Waals surface area contributed by atoms with Crippen molar-refractivity contribution in [3.63, 3.8) is 0 Å². The Labute approximate surface area is 101 Å². The third kappa shape index (κ3) is 2.22. The summed E-state index contributed by atoms with van der Waals surface area (Å²) in [6, 6.07) is 1.74. The number of hydrogen-bond donors (Lipinski definition) is 1. The van der Waals surface area contributed by atoms with Crippen molar-refractivity contribution in [3.8, 4) is 0 Å². The van der Waals surface area contributed by atoms with E-state index in [0.29, 0.717) is 11.3 Å². The van der Waals surface area contributed by atoms with E-state index >= 15 is 0 Å². The van der Waals surface area contributed by atoms with Gasteiger partial charge in [-0.3, -0.25) is 0 Å². The zero-order valence-electron chi connectivity index (χ0n) is 10.4. The Kier molecular flexibility index (Phi) is 3.24. The summed E-state index contributed by atoms with van der Waals surface area (Å²) in [6.45, 7) is 1.77. The highest BCUT2D eigenvalue weighted by Crippen LogP contribution is 2.36. The van der Waals surface area contributed by atoms with Gasteiger partial charge in [-0.25, -0.2) is 4.79 Å². The lowest BCUT2D eigenvalue weighted by molar-refractivity contribution is 0.0599. The number of carbonyl (C=O) groups is 1. The molecule has 1 fully saturated rings. The fraction of sp³-hybridized carbons (Fsp3) is 0.615. The van der Waals surface area contributed by atoms with Crippen LogP contribution in [0, 0.1) is 6.92 Å². The first-order valence-electron chi connectivity index (χ1n) is 6.05. The number of ether oxygens (including phenoxy) is 1. The summed E-state index contributed by atoms with van der Waals surface area (Å²) in [5, 5.41) is 0. The third-order valence-corrected chi connectivity index (χ3v) is 3.56. The first-order chi connectivity index (χ1) is 8.07. The SMILES string of the molecule is COC(=O)c1cc(C2(N)CCCCC2)oc1C. The first-order valence-corrected chi connectivity index (χ1v) is 6.05. The molecule has 0 bridgehead atoms. The molecule has 0 aromatic carbocycles. The summed E-state index contributed by atoms with van der Waals surface area (Å²) >= 11 is 0. The van der Waals surface area contributed by atoms with Gasteiger partial charge in [0.2, 0.25) is 0 Å². The molecule has 0 amide bonds. The lowest BCUT2D eigenvalue weighted by Crippen LogP contribution is -2.38. The van der Waals surface area contributed by atoms with E-state index in [2.05, 4.69) is 0 Å². The van der Waals surface area contributed by atoms with Gasteiger partial charge in [0, 0.05) is 0 Å². The highest BCUT2D eigenvalue weighted by Gasteiger charge is 2.34. The molecule has 0 spiro atoms. The van der Waals surface area contributed by atoms with Crippen molar-refractivity contribution in [1.82, 2.24) is 0 Å². The quantitative estimate of drug-likeness (QED) is 0.802. The molecular formula is C13H19NO3. The number of esters is 1. The van der Waals surface area contributed by atoms with Crippen molar-refractivity contribution in [2.45, 2.75) is 44.6 Å². The van der Waals surface area contributed by atoms with Crippen LogP contribution >= 0.6 is 0 Å². The van der Waals surface area contributed by atoms with Crippen LogP contribution in [0.2, 0.25) is 0 Å². The molecule has 94 valence electrons. The highest BCUT2D eigenvalue weighted by molar-refractivity contribution is 5.90. The van der Waals surface area contributed by atoms with Crippen molar-refractivity contribution in [1.29, 1.82) is 0 Å². The molecule has 0 aliphatic heterocycles. The van der Waals surface area contributed by atoms with E-state index in [1.807, 2.05) is 0 Å². The predicted octanol–water partition coefficient (Wildman–Crippen LogP) is 2.49. The maximum atomic E-state index is 11.5. The summed E-state index contributed by atoms with van der Waals surface area (Å²) in [4.78, 5) is 11.5. The molecule has 1 heterocycles. The first kappa shape index (κ1) is 12.2. The second-order valence-electron chi connectivity index (χ2n) is 4.79. The molecule has 2 N–H and O–H groups in total. The molecule has 17 heavy (non-hydrogen) atoms. The number of carbonyl (C=O) groups excluding carboxylic acids is 1. The molecule has 4 nitrogen and oxygen atoms in total. The van der Waals surface area contributed by atoms with Crippen molar-refractivity contribution in [2.24, 2.45) is 5.73 Å². The molecule has 1 aromatic heterocycles. The molecule has 1 aromatic rings. The van der Waals surface area contributed by atoms with Gasteiger partial charge in [0.25, 0.3) is 0 Å². The van der Waals surface area contributed by atoms with E-state index < -0.39 is 5.54 Å². The number of aryl methyl sites for hydroxylation is 1. The minimum Gasteiger partial charge on any atom is -0.465 e. The Morgan fingerprint density at radius 3 is 2.65 bits per heavy atom. The summed E-state index contributed by atoms with van der Waals surface area (Å²) in [5.74, 6) is 0.939. The Morgan fingerprint density at radius 1 is 1.41 bits per heavy atom. The normalized spacial score (nSPS) is 19.0. The standard InChI is InChI=1S/C13H19NO3/c1-9-10(12(15)16-2)8-11(17-9)13(14)6-4-3-5-7-13/h8H,3-7,14H2,1-2H3. The molecule has 1 aliphatic rings. The monoisotopic (exact) mass is 237 g/mol. The molecular weight excluding hydrogens is 218 g/mol. The summed E-state index contributed by atoms with van der Waals surface area (Å²) in [7, 11) is 1.37. The molecule has 0 radical (unpaired) electrons. The number of rotatable bonds is 2. The van der Waals surface area contributed by atoms with Gasteiger partial charge in [0.1, 0.15) is 17.1 Å². The van der Waals surface area contributed by atoms with E-state index in [-0.39, 0.29) is 5.97 Å². The maximum Gasteiger partial charge on any atom is 0.341 e. The van der Waals surface area contributed by atoms with Gasteiger partial charge >= 0.3 is 5.97 Å². The Bertz CT molecular complexity index is 416. The second-order valence-corrected chi connectivity index (χ2v) is 4.79. The number of hydrogen-bond acceptors (Lipinski definition) is 4. The van der Waals surface area contributed by atoms with Gasteiger partial charge in [0.15, 0.2) is 0 Å². The number of furan rings is 1. The van der Waals surface area contributed by atoms with Crippen LogP contribution in [0.4, 0.5) is 0 Å². The van der Waals surface area contributed by atoms with Crippen LogP contribution in [0.3, 0.4) is 0 Å². The predicted molar refractivity (Wildman–Crippen MR) is 63.7 cm³/mol. The van der Waals surface area contributed by atoms with E-state index in [1.54, 1.807) is 13.0 Å². The van der Waals surface area contributed by atoms with Gasteiger partial charge in [-0.05, 0) is 25.8 Å². The van der Waals surface area contributed by atoms with Crippen LogP contribution in [0.25, 0.3) is 0 Å². The fourth-order valence-corrected chi connectivity index (χ4v) is 2.47. The zero-order chi connectivity index (χ0) is 12.5. The summed E-state index contributed by atoms with van der Waals surface area (Å²) < 4.78 is 10.4. The number of nitrogens with two attached hydrogens (primary N) is 1. The van der Waals surface area contributed by atoms with E-state index in [1.165, 1.54) is 13.5 Å². The smallest absolute Gasteiger partial charge is 0.341 e. The van der Waals surface area contributed by atoms with E-state index in [0.717, 1.165) is 31.4 Å². The van der Waals surface area contributed by atoms with Gasteiger partial charge in [-0.2, -0.15) is 0 Å². The van der Waals surface area contributed by atoms with E-state index in [4.69, 9.17) is 14.9 Å². The lowest BCUT2D eigenvalue weighted by Gasteiger charge is -2.31. The Hall–Kier alpha value is -1.29. The van der Waals surface area contributed by atoms with Gasteiger partial charge in [0.05, 0.1) is 12.6 Å². The van der Waals surface area contributed by atoms with Crippen LogP contribution in [0.5, 0.6) is 0 Å². The topological polar surface area (TPSA) is 65.5 Å². The summed E-state index contributed by atoms with van der Waals surface area (Å²) in [6.07, 6.45) is 5.29. The minimum absolute atomic E-state index is 0.364. The fourth-order valence-electron chi connectivity index (χ4n) is 2.47. The van der Waals surface area contributed by atoms with Crippen LogP contribution in [-0.2, 0) is 10.3 Å². The van der Waals surface area contributed by atoms with Crippen molar-refractivity contribution in [2.75, 3.05) is 7.11 Å². The Morgan fingerprint density at radius 2 is 2.06 bits per heavy atom. The van der Waals surface area contributed by atoms with Crippen LogP contribution in [0.1, 0.15) is 54.0 Å². The number of methoxy groups -OCH3 is 1. The largest absolute Gasteiger partial charge is 0.465 e. The molecule has 1 saturated carbocycles. The average molecular weight is 237 g/mol.